The summed E-state index contributed by atoms with van der Waals surface area (Å²) in [6.07, 6.45) is 12.3. The Morgan fingerprint density at radius 3 is 2.42 bits per heavy atom. The molecule has 4 rings (SSSR count). The minimum atomic E-state index is -0.0427. The number of fused-ring (bicyclic) bond motifs is 1. The number of pyridine rings is 1. The summed E-state index contributed by atoms with van der Waals surface area (Å²) in [7, 11) is 0. The highest BCUT2D eigenvalue weighted by molar-refractivity contribution is 5.75. The van der Waals surface area contributed by atoms with Gasteiger partial charge in [-0.3, -0.25) is 0 Å². The van der Waals surface area contributed by atoms with E-state index < -0.39 is 0 Å². The Balaban J connectivity index is 0.00000176. The van der Waals surface area contributed by atoms with Crippen molar-refractivity contribution in [2.45, 2.75) is 80.6 Å². The van der Waals surface area contributed by atoms with Gasteiger partial charge in [0.05, 0.1) is 17.1 Å². The zero-order chi connectivity index (χ0) is 26.5. The van der Waals surface area contributed by atoms with Crippen LogP contribution in [0, 0.1) is 10.8 Å². The molecule has 0 spiro atoms. The average molecular weight is 483 g/mol. The zero-order valence-electron chi connectivity index (χ0n) is 23.8. The van der Waals surface area contributed by atoms with Gasteiger partial charge in [0.2, 0.25) is 0 Å². The number of hydrogen-bond donors (Lipinski definition) is 1. The molecule has 0 fully saturated rings. The molecule has 2 aliphatic carbocycles. The molecule has 0 saturated carbocycles. The van der Waals surface area contributed by atoms with Gasteiger partial charge < -0.3 is 5.32 Å². The molecule has 0 saturated heterocycles. The highest BCUT2D eigenvalue weighted by atomic mass is 14.9. The van der Waals surface area contributed by atoms with Crippen molar-refractivity contribution in [3.8, 4) is 0 Å². The lowest BCUT2D eigenvalue weighted by atomic mass is 9.59. The molecule has 0 amide bonds. The third-order valence-electron chi connectivity index (χ3n) is 7.80. The van der Waals surface area contributed by atoms with E-state index in [1.54, 1.807) is 0 Å². The largest absolute Gasteiger partial charge is 0.383 e. The first-order valence-corrected chi connectivity index (χ1v) is 13.7. The second-order valence-corrected chi connectivity index (χ2v) is 11.0. The fourth-order valence-corrected chi connectivity index (χ4v) is 5.85. The maximum Gasteiger partial charge on any atom is 0.0862 e. The van der Waals surface area contributed by atoms with Gasteiger partial charge in [0, 0.05) is 17.4 Å². The third kappa shape index (κ3) is 5.59. The molecule has 2 heteroatoms. The molecule has 1 aromatic heterocycles. The standard InChI is InChI=1S/C32H40N2.C2H6/c1-8-30-31(5,6)27(25-15-13-24(14-16-25)22(2)3)19-20-32(30,7)21-33-23(4)28-18-17-26-11-9-10-12-29(26)34-28;1-2/h8,10,12-19,22,33H,4,9,11,20-21H2,1-3,5-7H3;1-2H3/b30-8-;. The van der Waals surface area contributed by atoms with Gasteiger partial charge in [0.15, 0.2) is 0 Å². The number of nitrogens with one attached hydrogen (secondary N) is 1. The summed E-state index contributed by atoms with van der Waals surface area (Å²) in [6.45, 7) is 23.0. The van der Waals surface area contributed by atoms with E-state index >= 15 is 0 Å². The molecule has 1 unspecified atom stereocenters. The van der Waals surface area contributed by atoms with Crippen LogP contribution in [0.15, 0.2) is 66.8 Å². The molecule has 1 aromatic carbocycles. The summed E-state index contributed by atoms with van der Waals surface area (Å²) >= 11 is 0. The Labute approximate surface area is 220 Å². The van der Waals surface area contributed by atoms with Crippen molar-refractivity contribution < 1.29 is 0 Å². The molecule has 0 radical (unpaired) electrons. The summed E-state index contributed by atoms with van der Waals surface area (Å²) in [5.41, 5.74) is 9.85. The molecular weight excluding hydrogens is 436 g/mol. The van der Waals surface area contributed by atoms with Crippen molar-refractivity contribution in [2.75, 3.05) is 6.54 Å². The molecule has 1 heterocycles. The number of nitrogens with zero attached hydrogens (tertiary/aromatic N) is 1. The molecular formula is C34H46N2. The van der Waals surface area contributed by atoms with Gasteiger partial charge in [0.25, 0.3) is 0 Å². The minimum Gasteiger partial charge on any atom is -0.383 e. The molecule has 192 valence electrons. The predicted molar refractivity (Wildman–Crippen MR) is 159 cm³/mol. The molecule has 1 atom stereocenters. The number of allylic oxidation sites excluding steroid dienone is 4. The minimum absolute atomic E-state index is 0.0106. The van der Waals surface area contributed by atoms with E-state index in [1.807, 2.05) is 13.8 Å². The van der Waals surface area contributed by atoms with E-state index in [0.29, 0.717) is 5.92 Å². The van der Waals surface area contributed by atoms with E-state index in [-0.39, 0.29) is 10.8 Å². The van der Waals surface area contributed by atoms with E-state index in [0.717, 1.165) is 42.9 Å². The highest BCUT2D eigenvalue weighted by Crippen LogP contribution is 2.53. The summed E-state index contributed by atoms with van der Waals surface area (Å²) in [5.74, 6) is 0.552. The highest BCUT2D eigenvalue weighted by Gasteiger charge is 2.42. The van der Waals surface area contributed by atoms with Crippen molar-refractivity contribution in [2.24, 2.45) is 10.8 Å². The lowest BCUT2D eigenvalue weighted by molar-refractivity contribution is 0.319. The van der Waals surface area contributed by atoms with Crippen molar-refractivity contribution in [3.05, 3.63) is 94.9 Å². The second kappa shape index (κ2) is 11.5. The first-order chi connectivity index (χ1) is 17.2. The molecule has 2 aromatic rings. The van der Waals surface area contributed by atoms with Gasteiger partial charge >= 0.3 is 0 Å². The number of benzene rings is 1. The SMILES string of the molecule is C=C(NCC1(C)CC=C(c2ccc(C(C)C)cc2)C(C)(C)/C1=C/C)c1ccc2c(n1)C=CCC2.CC. The number of aryl methyl sites for hydroxylation is 1. The number of aromatic nitrogens is 1. The van der Waals surface area contributed by atoms with E-state index in [4.69, 9.17) is 4.98 Å². The molecule has 0 bridgehead atoms. The van der Waals surface area contributed by atoms with Crippen LogP contribution in [0.1, 0.15) is 102 Å². The first-order valence-electron chi connectivity index (χ1n) is 13.7. The molecule has 2 aliphatic rings. The first kappa shape index (κ1) is 27.7. The summed E-state index contributed by atoms with van der Waals surface area (Å²) in [4.78, 5) is 4.86. The molecule has 1 N–H and O–H groups in total. The van der Waals surface area contributed by atoms with Crippen LogP contribution in [0.4, 0.5) is 0 Å². The molecule has 36 heavy (non-hydrogen) atoms. The van der Waals surface area contributed by atoms with Gasteiger partial charge in [-0.1, -0.05) is 109 Å². The van der Waals surface area contributed by atoms with Gasteiger partial charge in [-0.05, 0) is 66.5 Å². The monoisotopic (exact) mass is 482 g/mol. The predicted octanol–water partition coefficient (Wildman–Crippen LogP) is 9.22. The van der Waals surface area contributed by atoms with Crippen LogP contribution in [0.2, 0.25) is 0 Å². The summed E-state index contributed by atoms with van der Waals surface area (Å²) in [5, 5.41) is 3.64. The number of hydrogen-bond acceptors (Lipinski definition) is 2. The molecule has 2 nitrogen and oxygen atoms in total. The zero-order valence-corrected chi connectivity index (χ0v) is 23.8. The van der Waals surface area contributed by atoms with Crippen LogP contribution in [0.5, 0.6) is 0 Å². The van der Waals surface area contributed by atoms with Crippen LogP contribution in [-0.4, -0.2) is 11.5 Å². The van der Waals surface area contributed by atoms with Gasteiger partial charge in [0.1, 0.15) is 0 Å². The normalized spacial score (nSPS) is 21.4. The fourth-order valence-electron chi connectivity index (χ4n) is 5.85. The maximum atomic E-state index is 4.86. The van der Waals surface area contributed by atoms with E-state index in [1.165, 1.54) is 27.8 Å². The maximum absolute atomic E-state index is 4.86. The van der Waals surface area contributed by atoms with Gasteiger partial charge in [-0.25, -0.2) is 4.98 Å². The topological polar surface area (TPSA) is 24.9 Å². The lowest BCUT2D eigenvalue weighted by Crippen LogP contribution is -2.40. The molecule has 0 aliphatic heterocycles. The Kier molecular flexibility index (Phi) is 8.82. The van der Waals surface area contributed by atoms with Crippen LogP contribution < -0.4 is 5.32 Å². The van der Waals surface area contributed by atoms with Crippen LogP contribution in [0.25, 0.3) is 17.3 Å². The fraction of sp³-hybridized carbons (Fsp3) is 0.441. The van der Waals surface area contributed by atoms with Crippen LogP contribution in [0.3, 0.4) is 0 Å². The number of rotatable bonds is 6. The van der Waals surface area contributed by atoms with Crippen molar-refractivity contribution >= 4 is 17.3 Å². The van der Waals surface area contributed by atoms with E-state index in [2.05, 4.69) is 114 Å². The Morgan fingerprint density at radius 1 is 1.08 bits per heavy atom. The average Bonchev–Trinajstić information content (AvgIpc) is 2.88. The Morgan fingerprint density at radius 2 is 1.78 bits per heavy atom. The van der Waals surface area contributed by atoms with Crippen LogP contribution >= 0.6 is 0 Å². The van der Waals surface area contributed by atoms with Gasteiger partial charge in [-0.2, -0.15) is 0 Å². The Bertz CT molecular complexity index is 1160. The van der Waals surface area contributed by atoms with Crippen molar-refractivity contribution in [1.29, 1.82) is 0 Å². The Hall–Kier alpha value is -2.87. The quantitative estimate of drug-likeness (QED) is 0.415. The van der Waals surface area contributed by atoms with Crippen molar-refractivity contribution in [3.63, 3.8) is 0 Å². The smallest absolute Gasteiger partial charge is 0.0862 e. The summed E-state index contributed by atoms with van der Waals surface area (Å²) in [6, 6.07) is 13.5. The van der Waals surface area contributed by atoms with Crippen LogP contribution in [-0.2, 0) is 6.42 Å². The summed E-state index contributed by atoms with van der Waals surface area (Å²) < 4.78 is 0. The van der Waals surface area contributed by atoms with Crippen molar-refractivity contribution in [1.82, 2.24) is 10.3 Å². The van der Waals surface area contributed by atoms with E-state index in [9.17, 15) is 0 Å². The van der Waals surface area contributed by atoms with Gasteiger partial charge in [-0.15, -0.1) is 0 Å². The third-order valence-corrected chi connectivity index (χ3v) is 7.80. The second-order valence-electron chi connectivity index (χ2n) is 11.0. The lowest BCUT2D eigenvalue weighted by Gasteiger charge is -2.46.